The number of aromatic carboxylic acids is 1. The van der Waals surface area contributed by atoms with Crippen LogP contribution in [0.5, 0.6) is 0 Å². The maximum atomic E-state index is 12.3. The number of hydrogen-bond acceptors (Lipinski definition) is 5. The van der Waals surface area contributed by atoms with Gasteiger partial charge in [-0.3, -0.25) is 0 Å². The van der Waals surface area contributed by atoms with E-state index in [2.05, 4.69) is 63.7 Å². The molecule has 0 amide bonds. The van der Waals surface area contributed by atoms with E-state index in [9.17, 15) is 14.7 Å². The van der Waals surface area contributed by atoms with Crippen LogP contribution in [0, 0.1) is 0 Å². The molecule has 0 aliphatic carbocycles. The molecule has 0 aliphatic heterocycles. The van der Waals surface area contributed by atoms with Crippen LogP contribution in [0.15, 0.2) is 17.9 Å². The van der Waals surface area contributed by atoms with Gasteiger partial charge < -0.3 is 19.3 Å². The second-order valence-corrected chi connectivity index (χ2v) is 7.43. The summed E-state index contributed by atoms with van der Waals surface area (Å²) in [5.41, 5.74) is -0.280. The Kier molecular flexibility index (Phi) is 9.98. The molecular formula is C14H14Br4O6. The molecule has 1 aromatic rings. The number of carbonyl (C=O) groups excluding carboxylic acids is 1. The summed E-state index contributed by atoms with van der Waals surface area (Å²) in [5, 5.41) is 9.39. The first-order valence-electron chi connectivity index (χ1n) is 6.74. The first-order chi connectivity index (χ1) is 11.3. The van der Waals surface area contributed by atoms with Crippen molar-refractivity contribution in [3.63, 3.8) is 0 Å². The highest BCUT2D eigenvalue weighted by atomic mass is 79.9. The largest absolute Gasteiger partial charge is 0.478 e. The van der Waals surface area contributed by atoms with Gasteiger partial charge in [0.15, 0.2) is 0 Å². The molecule has 0 heterocycles. The van der Waals surface area contributed by atoms with Crippen molar-refractivity contribution in [2.75, 3.05) is 33.0 Å². The van der Waals surface area contributed by atoms with Crippen LogP contribution in [0.4, 0.5) is 0 Å². The van der Waals surface area contributed by atoms with E-state index in [0.717, 1.165) is 0 Å². The van der Waals surface area contributed by atoms with Gasteiger partial charge in [-0.2, -0.15) is 0 Å². The van der Waals surface area contributed by atoms with Gasteiger partial charge in [0.2, 0.25) is 0 Å². The van der Waals surface area contributed by atoms with E-state index in [1.807, 2.05) is 6.92 Å². The number of ether oxygens (including phenoxy) is 3. The predicted octanol–water partition coefficient (Wildman–Crippen LogP) is 4.64. The van der Waals surface area contributed by atoms with Crippen molar-refractivity contribution in [2.45, 2.75) is 6.92 Å². The fourth-order valence-corrected chi connectivity index (χ4v) is 4.10. The first kappa shape index (κ1) is 22.0. The van der Waals surface area contributed by atoms with E-state index in [4.69, 9.17) is 14.2 Å². The van der Waals surface area contributed by atoms with Crippen LogP contribution < -0.4 is 0 Å². The summed E-state index contributed by atoms with van der Waals surface area (Å²) in [6, 6.07) is 0. The van der Waals surface area contributed by atoms with Crippen LogP contribution in [0.1, 0.15) is 27.6 Å². The Morgan fingerprint density at radius 1 is 0.833 bits per heavy atom. The van der Waals surface area contributed by atoms with Crippen molar-refractivity contribution >= 4 is 75.7 Å². The zero-order valence-electron chi connectivity index (χ0n) is 12.5. The summed E-state index contributed by atoms with van der Waals surface area (Å²) >= 11 is 12.9. The summed E-state index contributed by atoms with van der Waals surface area (Å²) in [7, 11) is 0. The van der Waals surface area contributed by atoms with Gasteiger partial charge in [0.1, 0.15) is 6.61 Å². The summed E-state index contributed by atoms with van der Waals surface area (Å²) in [6.07, 6.45) is 0. The standard InChI is InChI=1S/C14H14Br4O6/c1-2-22-3-4-23-5-6-24-14(21)8-7(13(19)20)9(15)11(17)12(18)10(8)16/h2-6H2,1H3,(H,19,20). The highest BCUT2D eigenvalue weighted by Gasteiger charge is 2.28. The quantitative estimate of drug-likeness (QED) is 0.193. The zero-order valence-corrected chi connectivity index (χ0v) is 18.9. The topological polar surface area (TPSA) is 82.1 Å². The Morgan fingerprint density at radius 2 is 1.33 bits per heavy atom. The number of benzene rings is 1. The van der Waals surface area contributed by atoms with Crippen LogP contribution >= 0.6 is 63.7 Å². The molecule has 0 atom stereocenters. The fraction of sp³-hybridized carbons (Fsp3) is 0.429. The summed E-state index contributed by atoms with van der Waals surface area (Å²) < 4.78 is 17.0. The normalized spacial score (nSPS) is 10.7. The third kappa shape index (κ3) is 5.77. The highest BCUT2D eigenvalue weighted by Crippen LogP contribution is 2.42. The van der Waals surface area contributed by atoms with Crippen molar-refractivity contribution in [2.24, 2.45) is 0 Å². The number of carboxylic acid groups (broad SMARTS) is 1. The molecule has 0 unspecified atom stereocenters. The van der Waals surface area contributed by atoms with Crippen LogP contribution in [0.25, 0.3) is 0 Å². The van der Waals surface area contributed by atoms with Crippen LogP contribution in [-0.4, -0.2) is 50.1 Å². The Balaban J connectivity index is 2.82. The monoisotopic (exact) mass is 594 g/mol. The van der Waals surface area contributed by atoms with E-state index in [1.165, 1.54) is 0 Å². The maximum Gasteiger partial charge on any atom is 0.340 e. The van der Waals surface area contributed by atoms with Crippen molar-refractivity contribution in [3.8, 4) is 0 Å². The number of halogens is 4. The SMILES string of the molecule is CCOCCOCCOC(=O)c1c(Br)c(Br)c(Br)c(Br)c1C(=O)O. The van der Waals surface area contributed by atoms with Gasteiger partial charge in [-0.25, -0.2) is 9.59 Å². The summed E-state index contributed by atoms with van der Waals surface area (Å²) in [4.78, 5) is 23.8. The van der Waals surface area contributed by atoms with Crippen molar-refractivity contribution < 1.29 is 28.9 Å². The molecular weight excluding hydrogens is 584 g/mol. The lowest BCUT2D eigenvalue weighted by Gasteiger charge is -2.14. The second-order valence-electron chi connectivity index (χ2n) is 4.26. The Bertz CT molecular complexity index is 620. The molecule has 0 aliphatic rings. The third-order valence-electron chi connectivity index (χ3n) is 2.72. The maximum absolute atomic E-state index is 12.3. The van der Waals surface area contributed by atoms with Crippen LogP contribution in [0.2, 0.25) is 0 Å². The predicted molar refractivity (Wildman–Crippen MR) is 102 cm³/mol. The van der Waals surface area contributed by atoms with Crippen LogP contribution in [0.3, 0.4) is 0 Å². The molecule has 0 saturated carbocycles. The van der Waals surface area contributed by atoms with Gasteiger partial charge in [0, 0.05) is 24.5 Å². The smallest absolute Gasteiger partial charge is 0.340 e. The van der Waals surface area contributed by atoms with Gasteiger partial charge >= 0.3 is 11.9 Å². The number of rotatable bonds is 9. The van der Waals surface area contributed by atoms with E-state index < -0.39 is 11.9 Å². The molecule has 0 fully saturated rings. The van der Waals surface area contributed by atoms with Gasteiger partial charge in [0.05, 0.1) is 30.9 Å². The number of carboxylic acids is 1. The first-order valence-corrected chi connectivity index (χ1v) is 9.91. The molecule has 0 spiro atoms. The lowest BCUT2D eigenvalue weighted by Crippen LogP contribution is -2.17. The van der Waals surface area contributed by atoms with Gasteiger partial charge in [-0.15, -0.1) is 0 Å². The minimum absolute atomic E-state index is 0.00175. The van der Waals surface area contributed by atoms with Crippen molar-refractivity contribution in [1.29, 1.82) is 0 Å². The van der Waals surface area contributed by atoms with E-state index in [1.54, 1.807) is 0 Å². The summed E-state index contributed by atoms with van der Waals surface area (Å²) in [5.74, 6) is -2.02. The molecule has 1 aromatic carbocycles. The minimum atomic E-state index is -1.25. The molecule has 1 rings (SSSR count). The molecule has 0 bridgehead atoms. The molecule has 0 aromatic heterocycles. The Labute approximate surface area is 172 Å². The number of hydrogen-bond donors (Lipinski definition) is 1. The Hall–Kier alpha value is -0.000000000000000222. The van der Waals surface area contributed by atoms with E-state index >= 15 is 0 Å². The molecule has 1 N–H and O–H groups in total. The second kappa shape index (κ2) is 10.9. The van der Waals surface area contributed by atoms with Gasteiger partial charge in [-0.1, -0.05) is 0 Å². The van der Waals surface area contributed by atoms with E-state index in [-0.39, 0.29) is 33.3 Å². The van der Waals surface area contributed by atoms with Crippen molar-refractivity contribution in [3.05, 3.63) is 29.0 Å². The van der Waals surface area contributed by atoms with Crippen molar-refractivity contribution in [1.82, 2.24) is 0 Å². The van der Waals surface area contributed by atoms with Gasteiger partial charge in [-0.05, 0) is 70.6 Å². The number of carbonyl (C=O) groups is 2. The molecule has 0 saturated heterocycles. The molecule has 10 heteroatoms. The average molecular weight is 598 g/mol. The fourth-order valence-electron chi connectivity index (χ4n) is 1.65. The summed E-state index contributed by atoms with van der Waals surface area (Å²) in [6.45, 7) is 3.54. The lowest BCUT2D eigenvalue weighted by atomic mass is 10.1. The molecule has 134 valence electrons. The minimum Gasteiger partial charge on any atom is -0.478 e. The van der Waals surface area contributed by atoms with E-state index in [0.29, 0.717) is 28.8 Å². The van der Waals surface area contributed by atoms with Crippen LogP contribution in [-0.2, 0) is 14.2 Å². The third-order valence-corrected chi connectivity index (χ3v) is 7.49. The number of esters is 1. The lowest BCUT2D eigenvalue weighted by molar-refractivity contribution is 0.0161. The molecule has 0 radical (unpaired) electrons. The average Bonchev–Trinajstić information content (AvgIpc) is 2.54. The molecule has 6 nitrogen and oxygen atoms in total. The Morgan fingerprint density at radius 3 is 1.88 bits per heavy atom. The highest BCUT2D eigenvalue weighted by molar-refractivity contribution is 9.15. The zero-order chi connectivity index (χ0) is 18.3. The van der Waals surface area contributed by atoms with Gasteiger partial charge in [0.25, 0.3) is 0 Å². The molecule has 24 heavy (non-hydrogen) atoms.